The van der Waals surface area contributed by atoms with Gasteiger partial charge in [-0.25, -0.2) is 4.79 Å². The third-order valence-electron chi connectivity index (χ3n) is 3.12. The molecule has 0 radical (unpaired) electrons. The van der Waals surface area contributed by atoms with Gasteiger partial charge >= 0.3 is 5.97 Å². The number of aromatic carboxylic acids is 1. The summed E-state index contributed by atoms with van der Waals surface area (Å²) in [6, 6.07) is 5.22. The SMILES string of the molecule is CC(C)(O)CN1CCCc2cc(C(=O)O)ccc21. The molecule has 0 saturated heterocycles. The summed E-state index contributed by atoms with van der Waals surface area (Å²) >= 11 is 0. The van der Waals surface area contributed by atoms with Crippen LogP contribution in [0.3, 0.4) is 0 Å². The lowest BCUT2D eigenvalue weighted by Crippen LogP contribution is -2.41. The number of hydrogen-bond donors (Lipinski definition) is 2. The number of rotatable bonds is 3. The molecule has 0 unspecified atom stereocenters. The lowest BCUT2D eigenvalue weighted by Gasteiger charge is -2.35. The number of benzene rings is 1. The Balaban J connectivity index is 2.30. The summed E-state index contributed by atoms with van der Waals surface area (Å²) in [7, 11) is 0. The summed E-state index contributed by atoms with van der Waals surface area (Å²) in [6.45, 7) is 5.04. The molecular formula is C14H19NO3. The monoisotopic (exact) mass is 249 g/mol. The van der Waals surface area contributed by atoms with Crippen LogP contribution in [0.4, 0.5) is 5.69 Å². The number of anilines is 1. The van der Waals surface area contributed by atoms with Crippen molar-refractivity contribution in [1.82, 2.24) is 0 Å². The second kappa shape index (κ2) is 4.61. The molecule has 2 rings (SSSR count). The molecule has 2 N–H and O–H groups in total. The van der Waals surface area contributed by atoms with E-state index in [1.165, 1.54) is 0 Å². The van der Waals surface area contributed by atoms with Gasteiger partial charge in [-0.15, -0.1) is 0 Å². The van der Waals surface area contributed by atoms with Crippen LogP contribution in [-0.4, -0.2) is 34.9 Å². The van der Waals surface area contributed by atoms with Crippen LogP contribution in [0.15, 0.2) is 18.2 Å². The van der Waals surface area contributed by atoms with Gasteiger partial charge in [0, 0.05) is 18.8 Å². The molecule has 0 bridgehead atoms. The summed E-state index contributed by atoms with van der Waals surface area (Å²) in [5, 5.41) is 18.9. The summed E-state index contributed by atoms with van der Waals surface area (Å²) in [6.07, 6.45) is 1.89. The molecule has 0 amide bonds. The van der Waals surface area contributed by atoms with Gasteiger partial charge in [-0.2, -0.15) is 0 Å². The van der Waals surface area contributed by atoms with Crippen LogP contribution in [0.5, 0.6) is 0 Å². The Morgan fingerprint density at radius 1 is 1.44 bits per heavy atom. The predicted molar refractivity (Wildman–Crippen MR) is 70.2 cm³/mol. The van der Waals surface area contributed by atoms with Crippen LogP contribution in [0.1, 0.15) is 36.2 Å². The molecule has 1 aliphatic heterocycles. The molecule has 1 aliphatic rings. The Hall–Kier alpha value is -1.55. The largest absolute Gasteiger partial charge is 0.478 e. The Bertz CT molecular complexity index is 463. The second-order valence-electron chi connectivity index (χ2n) is 5.49. The molecule has 0 saturated carbocycles. The van der Waals surface area contributed by atoms with Crippen molar-refractivity contribution in [2.75, 3.05) is 18.0 Å². The number of carbonyl (C=O) groups is 1. The third kappa shape index (κ3) is 2.82. The molecule has 1 aromatic carbocycles. The fourth-order valence-electron chi connectivity index (χ4n) is 2.44. The number of aliphatic hydroxyl groups is 1. The second-order valence-corrected chi connectivity index (χ2v) is 5.49. The number of carboxylic acids is 1. The fraction of sp³-hybridized carbons (Fsp3) is 0.500. The number of fused-ring (bicyclic) bond motifs is 1. The van der Waals surface area contributed by atoms with Gasteiger partial charge in [0.25, 0.3) is 0 Å². The molecule has 4 nitrogen and oxygen atoms in total. The minimum absolute atomic E-state index is 0.332. The summed E-state index contributed by atoms with van der Waals surface area (Å²) in [5.41, 5.74) is 1.69. The topological polar surface area (TPSA) is 60.8 Å². The average Bonchev–Trinajstić information content (AvgIpc) is 2.26. The smallest absolute Gasteiger partial charge is 0.335 e. The highest BCUT2D eigenvalue weighted by molar-refractivity contribution is 5.88. The number of carboxylic acid groups (broad SMARTS) is 1. The Morgan fingerprint density at radius 3 is 2.78 bits per heavy atom. The van der Waals surface area contributed by atoms with E-state index in [1.807, 2.05) is 6.07 Å². The number of nitrogens with zero attached hydrogens (tertiary/aromatic N) is 1. The van der Waals surface area contributed by atoms with E-state index in [4.69, 9.17) is 5.11 Å². The normalized spacial score (nSPS) is 15.4. The first-order valence-corrected chi connectivity index (χ1v) is 6.20. The standard InChI is InChI=1S/C14H19NO3/c1-14(2,18)9-15-7-3-4-10-8-11(13(16)17)5-6-12(10)15/h5-6,8,18H,3-4,7,9H2,1-2H3,(H,16,17). The molecular weight excluding hydrogens is 230 g/mol. The van der Waals surface area contributed by atoms with Crippen LogP contribution >= 0.6 is 0 Å². The van der Waals surface area contributed by atoms with Crippen LogP contribution in [-0.2, 0) is 6.42 Å². The first-order valence-electron chi connectivity index (χ1n) is 6.20. The first kappa shape index (κ1) is 12.9. The van der Waals surface area contributed by atoms with Gasteiger partial charge in [-0.3, -0.25) is 0 Å². The summed E-state index contributed by atoms with van der Waals surface area (Å²) < 4.78 is 0. The van der Waals surface area contributed by atoms with Crippen molar-refractivity contribution < 1.29 is 15.0 Å². The zero-order valence-corrected chi connectivity index (χ0v) is 10.8. The maximum Gasteiger partial charge on any atom is 0.335 e. The number of aryl methyl sites for hydroxylation is 1. The van der Waals surface area contributed by atoms with Gasteiger partial charge in [0.2, 0.25) is 0 Å². The van der Waals surface area contributed by atoms with E-state index in [-0.39, 0.29) is 0 Å². The van der Waals surface area contributed by atoms with Gasteiger partial charge in [0.1, 0.15) is 0 Å². The van der Waals surface area contributed by atoms with Gasteiger partial charge in [-0.1, -0.05) is 0 Å². The van der Waals surface area contributed by atoms with Crippen LogP contribution < -0.4 is 4.90 Å². The fourth-order valence-corrected chi connectivity index (χ4v) is 2.44. The molecule has 0 spiro atoms. The summed E-state index contributed by atoms with van der Waals surface area (Å²) in [4.78, 5) is 13.1. The first-order chi connectivity index (χ1) is 8.37. The van der Waals surface area contributed by atoms with E-state index in [0.717, 1.165) is 30.6 Å². The maximum absolute atomic E-state index is 10.9. The minimum Gasteiger partial charge on any atom is -0.478 e. The van der Waals surface area contributed by atoms with Crippen molar-refractivity contribution in [3.05, 3.63) is 29.3 Å². The zero-order chi connectivity index (χ0) is 13.3. The van der Waals surface area contributed by atoms with Gasteiger partial charge in [-0.05, 0) is 50.5 Å². The van der Waals surface area contributed by atoms with Crippen molar-refractivity contribution in [3.63, 3.8) is 0 Å². The predicted octanol–water partition coefficient (Wildman–Crippen LogP) is 1.91. The molecule has 1 heterocycles. The van der Waals surface area contributed by atoms with Crippen molar-refractivity contribution in [1.29, 1.82) is 0 Å². The van der Waals surface area contributed by atoms with E-state index in [9.17, 15) is 9.90 Å². The van der Waals surface area contributed by atoms with Crippen molar-refractivity contribution in [2.24, 2.45) is 0 Å². The van der Waals surface area contributed by atoms with E-state index in [2.05, 4.69) is 4.90 Å². The van der Waals surface area contributed by atoms with E-state index >= 15 is 0 Å². The van der Waals surface area contributed by atoms with E-state index in [0.29, 0.717) is 12.1 Å². The molecule has 18 heavy (non-hydrogen) atoms. The lowest BCUT2D eigenvalue weighted by atomic mass is 9.97. The van der Waals surface area contributed by atoms with Crippen molar-refractivity contribution >= 4 is 11.7 Å². The highest BCUT2D eigenvalue weighted by Gasteiger charge is 2.23. The number of β-amino-alcohol motifs (C(OH)–C–C–N with tert-alkyl or cyclic N) is 1. The molecule has 0 aliphatic carbocycles. The maximum atomic E-state index is 10.9. The van der Waals surface area contributed by atoms with Crippen molar-refractivity contribution in [2.45, 2.75) is 32.3 Å². The molecule has 4 heteroatoms. The molecule has 0 fully saturated rings. The molecule has 0 aromatic heterocycles. The van der Waals surface area contributed by atoms with Crippen LogP contribution in [0.25, 0.3) is 0 Å². The van der Waals surface area contributed by atoms with Gasteiger partial charge in [0.05, 0.1) is 11.2 Å². The molecule has 98 valence electrons. The Labute approximate surface area is 107 Å². The molecule has 0 atom stereocenters. The van der Waals surface area contributed by atoms with E-state index in [1.54, 1.807) is 26.0 Å². The highest BCUT2D eigenvalue weighted by atomic mass is 16.4. The van der Waals surface area contributed by atoms with E-state index < -0.39 is 11.6 Å². The highest BCUT2D eigenvalue weighted by Crippen LogP contribution is 2.29. The summed E-state index contributed by atoms with van der Waals surface area (Å²) in [5.74, 6) is -0.891. The van der Waals surface area contributed by atoms with Crippen LogP contribution in [0.2, 0.25) is 0 Å². The van der Waals surface area contributed by atoms with Crippen molar-refractivity contribution in [3.8, 4) is 0 Å². The quantitative estimate of drug-likeness (QED) is 0.859. The van der Waals surface area contributed by atoms with Crippen LogP contribution in [0, 0.1) is 0 Å². The molecule has 1 aromatic rings. The van der Waals surface area contributed by atoms with Gasteiger partial charge in [0.15, 0.2) is 0 Å². The lowest BCUT2D eigenvalue weighted by molar-refractivity contribution is 0.0696. The Morgan fingerprint density at radius 2 is 2.17 bits per heavy atom. The number of hydrogen-bond acceptors (Lipinski definition) is 3. The average molecular weight is 249 g/mol. The zero-order valence-electron chi connectivity index (χ0n) is 10.8. The van der Waals surface area contributed by atoms with Gasteiger partial charge < -0.3 is 15.1 Å². The Kier molecular flexibility index (Phi) is 3.30. The third-order valence-corrected chi connectivity index (χ3v) is 3.12. The minimum atomic E-state index is -0.891.